The van der Waals surface area contributed by atoms with E-state index in [1.54, 1.807) is 31.3 Å². The highest BCUT2D eigenvalue weighted by atomic mass is 35.5. The zero-order valence-corrected chi connectivity index (χ0v) is 19.3. The number of halogens is 3. The summed E-state index contributed by atoms with van der Waals surface area (Å²) in [5.41, 5.74) is 0.869. The molecule has 180 valence electrons. The number of anilines is 3. The Morgan fingerprint density at radius 1 is 1.26 bits per heavy atom. The smallest absolute Gasteiger partial charge is 0.293 e. The number of alkyl halides is 2. The van der Waals surface area contributed by atoms with Gasteiger partial charge in [0.25, 0.3) is 11.5 Å². The number of aryl methyl sites for hydroxylation is 1. The van der Waals surface area contributed by atoms with Crippen LogP contribution in [-0.2, 0) is 11.8 Å². The van der Waals surface area contributed by atoms with Crippen LogP contribution in [0.5, 0.6) is 5.75 Å². The van der Waals surface area contributed by atoms with Crippen LogP contribution in [0.2, 0.25) is 5.02 Å². The van der Waals surface area contributed by atoms with Crippen LogP contribution in [0.1, 0.15) is 6.42 Å². The van der Waals surface area contributed by atoms with Crippen LogP contribution in [-0.4, -0.2) is 59.5 Å². The molecule has 4 rings (SSSR count). The van der Waals surface area contributed by atoms with Gasteiger partial charge in [0.1, 0.15) is 17.4 Å². The van der Waals surface area contributed by atoms with Crippen LogP contribution in [0.15, 0.2) is 35.3 Å². The van der Waals surface area contributed by atoms with Crippen LogP contribution in [0.4, 0.5) is 26.2 Å². The molecule has 0 aliphatic carbocycles. The Balaban J connectivity index is 1.62. The molecule has 1 aliphatic heterocycles. The third-order valence-corrected chi connectivity index (χ3v) is 5.73. The number of likely N-dealkylation sites (N-methyl/N-ethyl adjacent to an activating group) is 1. The molecule has 9 nitrogen and oxygen atoms in total. The van der Waals surface area contributed by atoms with Gasteiger partial charge < -0.3 is 24.8 Å². The molecule has 3 aromatic rings. The number of ether oxygens (including phenoxy) is 1. The number of carbonyl (C=O) groups excluding carboxylic acids is 1. The summed E-state index contributed by atoms with van der Waals surface area (Å²) in [5.74, 6) is 0.108. The number of nitrogens with one attached hydrogen (secondary N) is 2. The van der Waals surface area contributed by atoms with Gasteiger partial charge in [-0.15, -0.1) is 0 Å². The zero-order chi connectivity index (χ0) is 24.4. The minimum Gasteiger partial charge on any atom is -0.478 e. The number of fused-ring (bicyclic) bond motifs is 1. The molecule has 2 atom stereocenters. The predicted octanol–water partition coefficient (Wildman–Crippen LogP) is 2.74. The second kappa shape index (κ2) is 9.80. The quantitative estimate of drug-likeness (QED) is 0.545. The lowest BCUT2D eigenvalue weighted by Gasteiger charge is -2.31. The first-order valence-electron chi connectivity index (χ1n) is 10.5. The first kappa shape index (κ1) is 23.7. The number of nitrogens with zero attached hydrogens (tertiary/aromatic N) is 4. The third kappa shape index (κ3) is 5.04. The zero-order valence-electron chi connectivity index (χ0n) is 18.5. The number of carbonyl (C=O) groups is 1. The van der Waals surface area contributed by atoms with E-state index in [1.807, 2.05) is 0 Å². The predicted molar refractivity (Wildman–Crippen MR) is 126 cm³/mol. The molecular weight excluding hydrogens is 470 g/mol. The molecule has 0 radical (unpaired) electrons. The first-order chi connectivity index (χ1) is 16.2. The van der Waals surface area contributed by atoms with Crippen molar-refractivity contribution in [3.05, 3.63) is 45.8 Å². The number of benzene rings is 1. The minimum absolute atomic E-state index is 0.00429. The summed E-state index contributed by atoms with van der Waals surface area (Å²) in [5, 5.41) is 6.41. The largest absolute Gasteiger partial charge is 0.478 e. The third-order valence-electron chi connectivity index (χ3n) is 5.45. The Kier molecular flexibility index (Phi) is 6.82. The van der Waals surface area contributed by atoms with Crippen molar-refractivity contribution in [3.63, 3.8) is 0 Å². The van der Waals surface area contributed by atoms with Gasteiger partial charge >= 0.3 is 0 Å². The van der Waals surface area contributed by atoms with Gasteiger partial charge in [-0.25, -0.2) is 13.8 Å². The summed E-state index contributed by atoms with van der Waals surface area (Å²) < 4.78 is 34.4. The van der Waals surface area contributed by atoms with Gasteiger partial charge in [0.2, 0.25) is 5.95 Å². The van der Waals surface area contributed by atoms with E-state index in [0.717, 1.165) is 0 Å². The highest BCUT2D eigenvalue weighted by Crippen LogP contribution is 2.29. The van der Waals surface area contributed by atoms with Crippen molar-refractivity contribution in [2.45, 2.75) is 18.8 Å². The van der Waals surface area contributed by atoms with Crippen LogP contribution >= 0.6 is 11.6 Å². The summed E-state index contributed by atoms with van der Waals surface area (Å²) in [6, 6.07) is 6.79. The molecule has 1 aromatic carbocycles. The van der Waals surface area contributed by atoms with Crippen molar-refractivity contribution in [1.29, 1.82) is 0 Å². The fourth-order valence-corrected chi connectivity index (χ4v) is 3.87. The Morgan fingerprint density at radius 2 is 2.00 bits per heavy atom. The Bertz CT molecular complexity index is 1280. The fourth-order valence-electron chi connectivity index (χ4n) is 3.73. The Morgan fingerprint density at radius 3 is 2.71 bits per heavy atom. The van der Waals surface area contributed by atoms with Crippen LogP contribution in [0.3, 0.4) is 0 Å². The summed E-state index contributed by atoms with van der Waals surface area (Å²) in [6.07, 6.45) is -1.36. The van der Waals surface area contributed by atoms with E-state index in [-0.39, 0.29) is 60.1 Å². The number of amides is 1. The number of rotatable bonds is 6. The molecule has 2 N–H and O–H groups in total. The number of hydrogen-bond donors (Lipinski definition) is 2. The van der Waals surface area contributed by atoms with Crippen molar-refractivity contribution >= 4 is 45.9 Å². The lowest BCUT2D eigenvalue weighted by atomic mass is 10.1. The molecule has 3 heterocycles. The Hall–Kier alpha value is -3.47. The summed E-state index contributed by atoms with van der Waals surface area (Å²) in [4.78, 5) is 34.0. The van der Waals surface area contributed by atoms with Crippen LogP contribution in [0, 0.1) is 0 Å². The van der Waals surface area contributed by atoms with Crippen molar-refractivity contribution in [3.8, 4) is 5.75 Å². The number of aromatic nitrogens is 3. The molecule has 1 aliphatic rings. The molecule has 1 fully saturated rings. The van der Waals surface area contributed by atoms with E-state index in [4.69, 9.17) is 16.3 Å². The molecule has 2 aromatic heterocycles. The normalized spacial score (nSPS) is 18.1. The van der Waals surface area contributed by atoms with Crippen molar-refractivity contribution in [2.75, 3.05) is 37.0 Å². The maximum atomic E-state index is 13.8. The molecule has 0 bridgehead atoms. The van der Waals surface area contributed by atoms with Gasteiger partial charge in [0, 0.05) is 31.6 Å². The van der Waals surface area contributed by atoms with Crippen LogP contribution < -0.4 is 25.8 Å². The minimum atomic E-state index is -1.30. The Labute approximate surface area is 198 Å². The number of hydrogen-bond acceptors (Lipinski definition) is 7. The second-order valence-electron chi connectivity index (χ2n) is 7.93. The van der Waals surface area contributed by atoms with Crippen molar-refractivity contribution < 1.29 is 18.3 Å². The monoisotopic (exact) mass is 492 g/mol. The summed E-state index contributed by atoms with van der Waals surface area (Å²) >= 11 is 6.26. The molecule has 1 saturated heterocycles. The van der Waals surface area contributed by atoms with E-state index < -0.39 is 12.3 Å². The highest BCUT2D eigenvalue weighted by molar-refractivity contribution is 6.32. The summed E-state index contributed by atoms with van der Waals surface area (Å²) in [6.45, 7) is -0.279. The standard InChI is InChI=1S/C22H23ClF2N6O3/c1-26-19(32)11-34-18-6-12-5-15(3-4-17(12)30(2)21(18)33)28-20-16(23)8-27-22(29-20)31-9-13(24)7-14(25)10-31/h3-6,8,13-14H,7,9-11H2,1-2H3,(H,26,32)(H,27,28,29)/t13-,14+. The first-order valence-corrected chi connectivity index (χ1v) is 10.9. The van der Waals surface area contributed by atoms with Crippen molar-refractivity contribution in [1.82, 2.24) is 19.9 Å². The van der Waals surface area contributed by atoms with Gasteiger partial charge in [-0.3, -0.25) is 9.59 Å². The van der Waals surface area contributed by atoms with Gasteiger partial charge in [-0.2, -0.15) is 4.98 Å². The van der Waals surface area contributed by atoms with E-state index in [9.17, 15) is 18.4 Å². The number of piperidine rings is 1. The van der Waals surface area contributed by atoms with E-state index in [2.05, 4.69) is 20.6 Å². The summed E-state index contributed by atoms with van der Waals surface area (Å²) in [7, 11) is 3.08. The lowest BCUT2D eigenvalue weighted by Crippen LogP contribution is -2.43. The second-order valence-corrected chi connectivity index (χ2v) is 8.34. The van der Waals surface area contributed by atoms with Gasteiger partial charge in [0.15, 0.2) is 18.2 Å². The average molecular weight is 493 g/mol. The molecule has 12 heteroatoms. The van der Waals surface area contributed by atoms with E-state index >= 15 is 0 Å². The molecule has 0 unspecified atom stereocenters. The molecule has 0 saturated carbocycles. The average Bonchev–Trinajstić information content (AvgIpc) is 2.81. The van der Waals surface area contributed by atoms with Gasteiger partial charge in [-0.05, 0) is 24.3 Å². The van der Waals surface area contributed by atoms with Gasteiger partial charge in [-0.1, -0.05) is 11.6 Å². The lowest BCUT2D eigenvalue weighted by molar-refractivity contribution is -0.122. The molecule has 0 spiro atoms. The maximum absolute atomic E-state index is 13.8. The van der Waals surface area contributed by atoms with Crippen molar-refractivity contribution in [2.24, 2.45) is 7.05 Å². The highest BCUT2D eigenvalue weighted by Gasteiger charge is 2.28. The van der Waals surface area contributed by atoms with Gasteiger partial charge in [0.05, 0.1) is 24.8 Å². The fraction of sp³-hybridized carbons (Fsp3) is 0.364. The SMILES string of the molecule is CNC(=O)COc1cc2cc(Nc3nc(N4C[C@H](F)C[C@H](F)C4)ncc3Cl)ccc2n(C)c1=O. The van der Waals surface area contributed by atoms with E-state index in [1.165, 1.54) is 22.7 Å². The number of pyridine rings is 1. The van der Waals surface area contributed by atoms with Crippen LogP contribution in [0.25, 0.3) is 10.9 Å². The molecule has 1 amide bonds. The molecular formula is C22H23ClF2N6O3. The molecule has 34 heavy (non-hydrogen) atoms. The topological polar surface area (TPSA) is 101 Å². The maximum Gasteiger partial charge on any atom is 0.293 e. The van der Waals surface area contributed by atoms with E-state index in [0.29, 0.717) is 16.6 Å².